The highest BCUT2D eigenvalue weighted by molar-refractivity contribution is 7.91. The second-order valence-corrected chi connectivity index (χ2v) is 8.17. The number of fused-ring (bicyclic) bond motifs is 1. The van der Waals surface area contributed by atoms with Crippen molar-refractivity contribution >= 4 is 20.7 Å². The summed E-state index contributed by atoms with van der Waals surface area (Å²) >= 11 is 0. The van der Waals surface area contributed by atoms with Gasteiger partial charge in [0, 0.05) is 24.3 Å². The zero-order valence-electron chi connectivity index (χ0n) is 11.8. The van der Waals surface area contributed by atoms with Gasteiger partial charge < -0.3 is 15.4 Å². The van der Waals surface area contributed by atoms with E-state index in [9.17, 15) is 13.5 Å². The molecular weight excluding hydrogens is 288 g/mol. The Morgan fingerprint density at radius 1 is 1.24 bits per heavy atom. The highest BCUT2D eigenvalue weighted by atomic mass is 32.2. The molecule has 0 aliphatic carbocycles. The van der Waals surface area contributed by atoms with Gasteiger partial charge in [0.1, 0.15) is 0 Å². The maximum Gasteiger partial charge on any atom is 0.150 e. The molecule has 1 aliphatic heterocycles. The summed E-state index contributed by atoms with van der Waals surface area (Å²) < 4.78 is 22.8. The largest absolute Gasteiger partial charge is 0.388 e. The molecular formula is C15H20N2O3S. The minimum atomic E-state index is -2.94. The molecule has 1 aromatic carbocycles. The van der Waals surface area contributed by atoms with Crippen LogP contribution in [0.3, 0.4) is 0 Å². The third kappa shape index (κ3) is 3.45. The molecule has 6 heteroatoms. The second kappa shape index (κ2) is 5.44. The molecule has 3 rings (SSSR count). The number of nitrogens with one attached hydrogen (secondary N) is 2. The van der Waals surface area contributed by atoms with Gasteiger partial charge >= 0.3 is 0 Å². The number of sulfone groups is 1. The first-order valence-electron chi connectivity index (χ1n) is 7.16. The van der Waals surface area contributed by atoms with Gasteiger partial charge in [-0.25, -0.2) is 8.42 Å². The highest BCUT2D eigenvalue weighted by Gasteiger charge is 2.34. The van der Waals surface area contributed by atoms with Crippen LogP contribution in [0, 0.1) is 0 Å². The first kappa shape index (κ1) is 14.6. The minimum Gasteiger partial charge on any atom is -0.388 e. The summed E-state index contributed by atoms with van der Waals surface area (Å²) in [5, 5.41) is 14.8. The quantitative estimate of drug-likeness (QED) is 0.792. The van der Waals surface area contributed by atoms with Crippen LogP contribution in [0.25, 0.3) is 10.9 Å². The van der Waals surface area contributed by atoms with Gasteiger partial charge in [0.2, 0.25) is 0 Å². The van der Waals surface area contributed by atoms with Gasteiger partial charge in [-0.3, -0.25) is 0 Å². The molecule has 0 saturated carbocycles. The van der Waals surface area contributed by atoms with E-state index in [1.54, 1.807) is 0 Å². The fourth-order valence-electron chi connectivity index (χ4n) is 2.75. The maximum atomic E-state index is 11.4. The summed E-state index contributed by atoms with van der Waals surface area (Å²) in [6.07, 6.45) is 0.629. The summed E-state index contributed by atoms with van der Waals surface area (Å²) in [5.74, 6) is 0.162. The van der Waals surface area contributed by atoms with Gasteiger partial charge in [-0.1, -0.05) is 18.2 Å². The van der Waals surface area contributed by atoms with E-state index in [1.165, 1.54) is 0 Å². The lowest BCUT2D eigenvalue weighted by Gasteiger charge is -2.32. The molecule has 114 valence electrons. The fourth-order valence-corrected chi connectivity index (χ4v) is 4.34. The summed E-state index contributed by atoms with van der Waals surface area (Å²) in [7, 11) is -2.94. The number of hydrogen-bond acceptors (Lipinski definition) is 4. The van der Waals surface area contributed by atoms with Crippen molar-refractivity contribution in [3.63, 3.8) is 0 Å². The highest BCUT2D eigenvalue weighted by Crippen LogP contribution is 2.23. The van der Waals surface area contributed by atoms with E-state index in [2.05, 4.69) is 22.4 Å². The first-order valence-corrected chi connectivity index (χ1v) is 8.98. The maximum absolute atomic E-state index is 11.4. The smallest absolute Gasteiger partial charge is 0.150 e. The summed E-state index contributed by atoms with van der Waals surface area (Å²) in [4.78, 5) is 3.32. The molecule has 1 aromatic heterocycles. The van der Waals surface area contributed by atoms with Crippen LogP contribution in [0.2, 0.25) is 0 Å². The number of aromatic amines is 1. The molecule has 0 atom stereocenters. The predicted molar refractivity (Wildman–Crippen MR) is 82.8 cm³/mol. The Bertz CT molecular complexity index is 689. The predicted octanol–water partition coefficient (Wildman–Crippen LogP) is 1.20. The van der Waals surface area contributed by atoms with Crippen molar-refractivity contribution in [2.75, 3.05) is 18.1 Å². The van der Waals surface area contributed by atoms with Crippen LogP contribution < -0.4 is 5.32 Å². The Kier molecular flexibility index (Phi) is 3.77. The van der Waals surface area contributed by atoms with Crippen molar-refractivity contribution < 1.29 is 13.5 Å². The molecule has 1 saturated heterocycles. The first-order chi connectivity index (χ1) is 9.96. The topological polar surface area (TPSA) is 82.2 Å². The lowest BCUT2D eigenvalue weighted by Crippen LogP contribution is -2.46. The second-order valence-electron chi connectivity index (χ2n) is 5.86. The molecule has 0 spiro atoms. The van der Waals surface area contributed by atoms with Crippen LogP contribution in [-0.2, 0) is 16.4 Å². The average molecular weight is 308 g/mol. The zero-order chi connectivity index (χ0) is 14.9. The number of aliphatic hydroxyl groups is 1. The summed E-state index contributed by atoms with van der Waals surface area (Å²) in [5.41, 5.74) is 1.25. The van der Waals surface area contributed by atoms with E-state index in [-0.39, 0.29) is 11.5 Å². The number of benzene rings is 1. The SMILES string of the molecule is O=S1(=O)CCC(O)(CNCc2cc3ccccc3[nH]2)CC1. The van der Waals surface area contributed by atoms with Crippen molar-refractivity contribution in [1.29, 1.82) is 0 Å². The molecule has 3 N–H and O–H groups in total. The molecule has 21 heavy (non-hydrogen) atoms. The molecule has 5 nitrogen and oxygen atoms in total. The molecule has 2 aromatic rings. The Balaban J connectivity index is 1.56. The molecule has 0 radical (unpaired) electrons. The summed E-state index contributed by atoms with van der Waals surface area (Å²) in [6, 6.07) is 10.1. The molecule has 0 unspecified atom stereocenters. The van der Waals surface area contributed by atoms with Gasteiger partial charge in [0.25, 0.3) is 0 Å². The van der Waals surface area contributed by atoms with E-state index >= 15 is 0 Å². The number of H-pyrrole nitrogens is 1. The standard InChI is InChI=1S/C15H20N2O3S/c18-15(5-7-21(19,20)8-6-15)11-16-10-13-9-12-3-1-2-4-14(12)17-13/h1-4,9,16-18H,5-8,10-11H2. The van der Waals surface area contributed by atoms with Crippen molar-refractivity contribution in [2.45, 2.75) is 25.0 Å². The third-order valence-corrected chi connectivity index (χ3v) is 5.76. The monoisotopic (exact) mass is 308 g/mol. The van der Waals surface area contributed by atoms with Crippen LogP contribution in [0.15, 0.2) is 30.3 Å². The Morgan fingerprint density at radius 3 is 2.67 bits per heavy atom. The zero-order valence-corrected chi connectivity index (χ0v) is 12.6. The van der Waals surface area contributed by atoms with Gasteiger partial charge in [0.15, 0.2) is 9.84 Å². The minimum absolute atomic E-state index is 0.0809. The van der Waals surface area contributed by atoms with E-state index in [0.717, 1.165) is 16.6 Å². The van der Waals surface area contributed by atoms with E-state index < -0.39 is 15.4 Å². The Hall–Kier alpha value is -1.37. The molecule has 0 bridgehead atoms. The molecule has 0 amide bonds. The van der Waals surface area contributed by atoms with Crippen LogP contribution in [0.4, 0.5) is 0 Å². The van der Waals surface area contributed by atoms with Crippen molar-refractivity contribution in [3.05, 3.63) is 36.0 Å². The van der Waals surface area contributed by atoms with Crippen molar-refractivity contribution in [3.8, 4) is 0 Å². The van der Waals surface area contributed by atoms with Crippen LogP contribution in [0.1, 0.15) is 18.5 Å². The van der Waals surface area contributed by atoms with Crippen molar-refractivity contribution in [1.82, 2.24) is 10.3 Å². The number of aromatic nitrogens is 1. The normalized spacial score (nSPS) is 20.6. The van der Waals surface area contributed by atoms with Gasteiger partial charge in [0.05, 0.1) is 17.1 Å². The number of para-hydroxylation sites is 1. The average Bonchev–Trinajstić information content (AvgIpc) is 2.85. The lowest BCUT2D eigenvalue weighted by molar-refractivity contribution is 0.0303. The van der Waals surface area contributed by atoms with Gasteiger partial charge in [-0.2, -0.15) is 0 Å². The number of hydrogen-bond donors (Lipinski definition) is 3. The van der Waals surface area contributed by atoms with Crippen LogP contribution in [0.5, 0.6) is 0 Å². The molecule has 2 heterocycles. The van der Waals surface area contributed by atoms with E-state index in [0.29, 0.717) is 25.9 Å². The van der Waals surface area contributed by atoms with E-state index in [4.69, 9.17) is 0 Å². The number of rotatable bonds is 4. The summed E-state index contributed by atoms with van der Waals surface area (Å²) in [6.45, 7) is 1.04. The third-order valence-electron chi connectivity index (χ3n) is 4.11. The van der Waals surface area contributed by atoms with Crippen LogP contribution in [-0.4, -0.2) is 42.2 Å². The Morgan fingerprint density at radius 2 is 1.95 bits per heavy atom. The van der Waals surface area contributed by atoms with Gasteiger partial charge in [-0.05, 0) is 30.4 Å². The van der Waals surface area contributed by atoms with Crippen LogP contribution >= 0.6 is 0 Å². The fraction of sp³-hybridized carbons (Fsp3) is 0.467. The van der Waals surface area contributed by atoms with Gasteiger partial charge in [-0.15, -0.1) is 0 Å². The molecule has 1 fully saturated rings. The molecule has 1 aliphatic rings. The van der Waals surface area contributed by atoms with E-state index in [1.807, 2.05) is 18.2 Å². The Labute approximate surface area is 124 Å². The lowest BCUT2D eigenvalue weighted by atomic mass is 9.97. The van der Waals surface area contributed by atoms with Crippen molar-refractivity contribution in [2.24, 2.45) is 0 Å².